The number of nitrogens with zero attached hydrogens (tertiary/aromatic N) is 2. The van der Waals surface area contributed by atoms with Crippen LogP contribution >= 0.6 is 11.6 Å². The molecule has 5 nitrogen and oxygen atoms in total. The highest BCUT2D eigenvalue weighted by atomic mass is 35.5. The number of aryl methyl sites for hydroxylation is 1. The molecule has 1 amide bonds. The molecule has 0 aliphatic rings. The van der Waals surface area contributed by atoms with Crippen molar-refractivity contribution in [1.29, 1.82) is 0 Å². The van der Waals surface area contributed by atoms with Gasteiger partial charge < -0.3 is 10.1 Å². The summed E-state index contributed by atoms with van der Waals surface area (Å²) in [6.07, 6.45) is 1.93. The van der Waals surface area contributed by atoms with Gasteiger partial charge in [-0.2, -0.15) is 0 Å². The molecule has 0 saturated carbocycles. The molecule has 0 bridgehead atoms. The quantitative estimate of drug-likeness (QED) is 0.731. The van der Waals surface area contributed by atoms with Gasteiger partial charge in [0.25, 0.3) is 0 Å². The number of anilines is 1. The number of hydrogen-bond donors (Lipinski definition) is 1. The fourth-order valence-electron chi connectivity index (χ4n) is 2.44. The fourth-order valence-corrected chi connectivity index (χ4v) is 2.49. The van der Waals surface area contributed by atoms with Crippen molar-refractivity contribution >= 4 is 29.0 Å². The van der Waals surface area contributed by atoms with E-state index in [0.717, 1.165) is 22.5 Å². The third-order valence-electron chi connectivity index (χ3n) is 3.73. The predicted octanol–water partition coefficient (Wildman–Crippen LogP) is 3.88. The highest BCUT2D eigenvalue weighted by Crippen LogP contribution is 2.30. The van der Waals surface area contributed by atoms with E-state index in [9.17, 15) is 4.79 Å². The zero-order valence-corrected chi connectivity index (χ0v) is 14.5. The van der Waals surface area contributed by atoms with Crippen LogP contribution in [0.25, 0.3) is 16.9 Å². The van der Waals surface area contributed by atoms with Gasteiger partial charge in [0, 0.05) is 11.8 Å². The van der Waals surface area contributed by atoms with Crippen LogP contribution in [0.4, 0.5) is 5.82 Å². The summed E-state index contributed by atoms with van der Waals surface area (Å²) in [4.78, 5) is 16.8. The lowest BCUT2D eigenvalue weighted by Gasteiger charge is -2.09. The second-order valence-electron chi connectivity index (χ2n) is 5.58. The number of alkyl halides is 1. The summed E-state index contributed by atoms with van der Waals surface area (Å²) in [7, 11) is 1.62. The minimum atomic E-state index is -0.635. The highest BCUT2D eigenvalue weighted by Gasteiger charge is 2.18. The molecular formula is C18H18ClN3O2. The molecule has 2 heterocycles. The van der Waals surface area contributed by atoms with Crippen molar-refractivity contribution in [2.75, 3.05) is 12.4 Å². The van der Waals surface area contributed by atoms with Crippen molar-refractivity contribution in [2.45, 2.75) is 19.2 Å². The van der Waals surface area contributed by atoms with E-state index < -0.39 is 5.38 Å². The Balaban J connectivity index is 2.16. The minimum Gasteiger partial charge on any atom is -0.497 e. The van der Waals surface area contributed by atoms with Crippen LogP contribution in [0.1, 0.15) is 12.5 Å². The second kappa shape index (κ2) is 6.53. The Bertz CT molecular complexity index is 885. The summed E-state index contributed by atoms with van der Waals surface area (Å²) in [5.74, 6) is 1.10. The molecule has 6 heteroatoms. The standard InChI is InChI=1S/C18H18ClN3O2/c1-11-4-9-15-20-16(13-5-7-14(24-3)8-6-13)17(22(15)10-11)21-18(23)12(2)19/h4-10,12H,1-3H3,(H,21,23). The molecule has 0 aliphatic heterocycles. The van der Waals surface area contributed by atoms with Crippen LogP contribution in [0.2, 0.25) is 0 Å². The number of pyridine rings is 1. The van der Waals surface area contributed by atoms with E-state index in [-0.39, 0.29) is 5.91 Å². The number of imidazole rings is 1. The van der Waals surface area contributed by atoms with Crippen LogP contribution in [-0.4, -0.2) is 27.8 Å². The van der Waals surface area contributed by atoms with E-state index in [1.807, 2.05) is 53.9 Å². The normalized spacial score (nSPS) is 12.2. The van der Waals surface area contributed by atoms with Gasteiger partial charge in [-0.3, -0.25) is 9.20 Å². The summed E-state index contributed by atoms with van der Waals surface area (Å²) in [5.41, 5.74) is 3.39. The molecule has 1 unspecified atom stereocenters. The first kappa shape index (κ1) is 16.3. The number of nitrogens with one attached hydrogen (secondary N) is 1. The van der Waals surface area contributed by atoms with Gasteiger partial charge in [-0.1, -0.05) is 6.07 Å². The van der Waals surface area contributed by atoms with Crippen LogP contribution in [0, 0.1) is 6.92 Å². The van der Waals surface area contributed by atoms with Crippen LogP contribution in [0.15, 0.2) is 42.6 Å². The molecule has 0 fully saturated rings. The Morgan fingerprint density at radius 1 is 1.25 bits per heavy atom. The number of fused-ring (bicyclic) bond motifs is 1. The molecule has 124 valence electrons. The maximum absolute atomic E-state index is 12.1. The maximum atomic E-state index is 12.1. The summed E-state index contributed by atoms with van der Waals surface area (Å²) in [6.45, 7) is 3.63. The Labute approximate surface area is 145 Å². The van der Waals surface area contributed by atoms with Gasteiger partial charge >= 0.3 is 0 Å². The monoisotopic (exact) mass is 343 g/mol. The third-order valence-corrected chi connectivity index (χ3v) is 3.93. The van der Waals surface area contributed by atoms with Crippen LogP contribution in [-0.2, 0) is 4.79 Å². The number of benzene rings is 1. The van der Waals surface area contributed by atoms with Gasteiger partial charge in [0.2, 0.25) is 5.91 Å². The van der Waals surface area contributed by atoms with Crippen molar-refractivity contribution in [1.82, 2.24) is 9.38 Å². The van der Waals surface area contributed by atoms with Gasteiger partial charge in [-0.05, 0) is 49.7 Å². The van der Waals surface area contributed by atoms with Crippen molar-refractivity contribution in [3.05, 3.63) is 48.2 Å². The number of carbonyl (C=O) groups excluding carboxylic acids is 1. The van der Waals surface area contributed by atoms with Gasteiger partial charge in [-0.25, -0.2) is 4.98 Å². The molecule has 0 aliphatic carbocycles. The lowest BCUT2D eigenvalue weighted by molar-refractivity contribution is -0.115. The highest BCUT2D eigenvalue weighted by molar-refractivity contribution is 6.32. The van der Waals surface area contributed by atoms with Crippen molar-refractivity contribution in [2.24, 2.45) is 0 Å². The smallest absolute Gasteiger partial charge is 0.243 e. The molecule has 1 aromatic carbocycles. The lowest BCUT2D eigenvalue weighted by Crippen LogP contribution is -2.21. The zero-order chi connectivity index (χ0) is 17.3. The molecule has 1 atom stereocenters. The predicted molar refractivity (Wildman–Crippen MR) is 95.9 cm³/mol. The van der Waals surface area contributed by atoms with Gasteiger partial charge in [0.15, 0.2) is 0 Å². The number of rotatable bonds is 4. The van der Waals surface area contributed by atoms with Crippen molar-refractivity contribution in [3.8, 4) is 17.0 Å². The maximum Gasteiger partial charge on any atom is 0.243 e. The lowest BCUT2D eigenvalue weighted by atomic mass is 10.1. The van der Waals surface area contributed by atoms with Crippen molar-refractivity contribution < 1.29 is 9.53 Å². The number of aromatic nitrogens is 2. The summed E-state index contributed by atoms with van der Waals surface area (Å²) in [6, 6.07) is 11.4. The van der Waals surface area contributed by atoms with Crippen LogP contribution in [0.3, 0.4) is 0 Å². The summed E-state index contributed by atoms with van der Waals surface area (Å²) in [5, 5.41) is 2.25. The Morgan fingerprint density at radius 3 is 2.58 bits per heavy atom. The van der Waals surface area contributed by atoms with E-state index in [0.29, 0.717) is 11.5 Å². The Morgan fingerprint density at radius 2 is 1.96 bits per heavy atom. The van der Waals surface area contributed by atoms with E-state index in [4.69, 9.17) is 16.3 Å². The molecule has 0 radical (unpaired) electrons. The molecule has 3 aromatic rings. The number of hydrogen-bond acceptors (Lipinski definition) is 3. The number of carbonyl (C=O) groups is 1. The number of halogens is 1. The molecular weight excluding hydrogens is 326 g/mol. The number of amides is 1. The first-order chi connectivity index (χ1) is 11.5. The van der Waals surface area contributed by atoms with Gasteiger partial charge in [0.05, 0.1) is 7.11 Å². The average molecular weight is 344 g/mol. The van der Waals surface area contributed by atoms with Crippen LogP contribution < -0.4 is 10.1 Å². The first-order valence-corrected chi connectivity index (χ1v) is 8.01. The van der Waals surface area contributed by atoms with Gasteiger partial charge in [-0.15, -0.1) is 11.6 Å². The molecule has 24 heavy (non-hydrogen) atoms. The molecule has 1 N–H and O–H groups in total. The van der Waals surface area contributed by atoms with E-state index in [2.05, 4.69) is 10.3 Å². The SMILES string of the molecule is COc1ccc(-c2nc3ccc(C)cn3c2NC(=O)C(C)Cl)cc1. The van der Waals surface area contributed by atoms with Crippen LogP contribution in [0.5, 0.6) is 5.75 Å². The van der Waals surface area contributed by atoms with E-state index >= 15 is 0 Å². The largest absolute Gasteiger partial charge is 0.497 e. The zero-order valence-electron chi connectivity index (χ0n) is 13.7. The molecule has 0 spiro atoms. The second-order valence-corrected chi connectivity index (χ2v) is 6.23. The van der Waals surface area contributed by atoms with E-state index in [1.165, 1.54) is 0 Å². The Hall–Kier alpha value is -2.53. The minimum absolute atomic E-state index is 0.269. The topological polar surface area (TPSA) is 55.6 Å². The van der Waals surface area contributed by atoms with E-state index in [1.54, 1.807) is 14.0 Å². The molecule has 0 saturated heterocycles. The summed E-state index contributed by atoms with van der Waals surface area (Å²) < 4.78 is 7.06. The first-order valence-electron chi connectivity index (χ1n) is 7.57. The number of ether oxygens (including phenoxy) is 1. The average Bonchev–Trinajstić information content (AvgIpc) is 2.92. The van der Waals surface area contributed by atoms with Crippen molar-refractivity contribution in [3.63, 3.8) is 0 Å². The number of methoxy groups -OCH3 is 1. The summed E-state index contributed by atoms with van der Waals surface area (Å²) >= 11 is 5.91. The fraction of sp³-hybridized carbons (Fsp3) is 0.222. The Kier molecular flexibility index (Phi) is 4.44. The van der Waals surface area contributed by atoms with Gasteiger partial charge in [0.1, 0.15) is 28.3 Å². The molecule has 3 rings (SSSR count). The third kappa shape index (κ3) is 3.08. The molecule has 2 aromatic heterocycles.